The van der Waals surface area contributed by atoms with Crippen LogP contribution < -0.4 is 9.46 Å². The van der Waals surface area contributed by atoms with Crippen molar-refractivity contribution < 1.29 is 13.2 Å². The summed E-state index contributed by atoms with van der Waals surface area (Å²) in [5, 5.41) is 3.34. The summed E-state index contributed by atoms with van der Waals surface area (Å²) < 4.78 is 33.9. The molecule has 0 unspecified atom stereocenters. The number of sulfonamides is 1. The maximum atomic E-state index is 12.9. The molecule has 2 aromatic carbocycles. The summed E-state index contributed by atoms with van der Waals surface area (Å²) >= 11 is 7.36. The molecule has 0 atom stereocenters. The van der Waals surface area contributed by atoms with Gasteiger partial charge in [0, 0.05) is 21.7 Å². The van der Waals surface area contributed by atoms with Crippen molar-refractivity contribution in [3.63, 3.8) is 0 Å². The average Bonchev–Trinajstić information content (AvgIpc) is 3.04. The molecule has 1 aromatic heterocycles. The van der Waals surface area contributed by atoms with Crippen LogP contribution in [0.15, 0.2) is 52.7 Å². The van der Waals surface area contributed by atoms with Crippen LogP contribution in [-0.2, 0) is 10.0 Å². The number of ether oxygens (including phenoxy) is 1. The van der Waals surface area contributed by atoms with Gasteiger partial charge in [0.25, 0.3) is 10.0 Å². The maximum Gasteiger partial charge on any atom is 0.265 e. The molecule has 3 rings (SSSR count). The van der Waals surface area contributed by atoms with Crippen molar-refractivity contribution in [2.24, 2.45) is 0 Å². The van der Waals surface area contributed by atoms with Crippen molar-refractivity contribution in [2.75, 3.05) is 11.3 Å². The van der Waals surface area contributed by atoms with Gasteiger partial charge in [-0.05, 0) is 56.3 Å². The van der Waals surface area contributed by atoms with E-state index >= 15 is 0 Å². The summed E-state index contributed by atoms with van der Waals surface area (Å²) in [5.41, 5.74) is 1.87. The number of hydrogen-bond acceptors (Lipinski definition) is 5. The van der Waals surface area contributed by atoms with Crippen LogP contribution in [0, 0.1) is 6.92 Å². The molecule has 136 valence electrons. The Morgan fingerprint density at radius 2 is 1.92 bits per heavy atom. The van der Waals surface area contributed by atoms with E-state index in [4.69, 9.17) is 16.3 Å². The van der Waals surface area contributed by atoms with Crippen LogP contribution in [0.25, 0.3) is 11.3 Å². The molecule has 3 aromatic rings. The molecule has 26 heavy (non-hydrogen) atoms. The molecule has 0 aliphatic rings. The van der Waals surface area contributed by atoms with Crippen molar-refractivity contribution >= 4 is 38.6 Å². The average molecular weight is 409 g/mol. The molecule has 0 spiro atoms. The second-order valence-electron chi connectivity index (χ2n) is 5.46. The van der Waals surface area contributed by atoms with Gasteiger partial charge in [0.2, 0.25) is 0 Å². The standard InChI is InChI=1S/C18H17ClN2O3S2/c1-3-24-17-9-4-13(16-11-25-12(2)20-16)10-18(17)26(22,23)21-15-7-5-14(19)6-8-15/h4-11,21H,3H2,1-2H3. The second-order valence-corrected chi connectivity index (χ2v) is 8.61. The molecule has 0 aliphatic heterocycles. The van der Waals surface area contributed by atoms with E-state index in [1.807, 2.05) is 12.3 Å². The molecule has 1 heterocycles. The lowest BCUT2D eigenvalue weighted by molar-refractivity contribution is 0.331. The monoisotopic (exact) mass is 408 g/mol. The van der Waals surface area contributed by atoms with E-state index in [-0.39, 0.29) is 4.90 Å². The molecule has 0 saturated heterocycles. The minimum absolute atomic E-state index is 0.0671. The smallest absolute Gasteiger partial charge is 0.265 e. The van der Waals surface area contributed by atoms with Gasteiger partial charge in [-0.15, -0.1) is 11.3 Å². The quantitative estimate of drug-likeness (QED) is 0.625. The number of thiazole rings is 1. The third-order valence-corrected chi connectivity index (χ3v) is 5.97. The fourth-order valence-corrected chi connectivity index (χ4v) is 4.35. The molecular formula is C18H17ClN2O3S2. The third kappa shape index (κ3) is 4.17. The molecule has 0 amide bonds. The molecular weight excluding hydrogens is 392 g/mol. The Labute approximate surface area is 161 Å². The van der Waals surface area contributed by atoms with E-state index in [9.17, 15) is 8.42 Å². The number of rotatable bonds is 6. The Kier molecular flexibility index (Phi) is 5.50. The van der Waals surface area contributed by atoms with Crippen LogP contribution >= 0.6 is 22.9 Å². The highest BCUT2D eigenvalue weighted by Crippen LogP contribution is 2.32. The third-order valence-electron chi connectivity index (χ3n) is 3.54. The van der Waals surface area contributed by atoms with E-state index in [0.29, 0.717) is 28.6 Å². The molecule has 5 nitrogen and oxygen atoms in total. The summed E-state index contributed by atoms with van der Waals surface area (Å²) in [6.45, 7) is 4.07. The van der Waals surface area contributed by atoms with Crippen LogP contribution in [0.1, 0.15) is 11.9 Å². The summed E-state index contributed by atoms with van der Waals surface area (Å²) in [6, 6.07) is 11.5. The molecule has 1 N–H and O–H groups in total. The van der Waals surface area contributed by atoms with Crippen molar-refractivity contribution in [1.82, 2.24) is 4.98 Å². The van der Waals surface area contributed by atoms with Gasteiger partial charge in [-0.1, -0.05) is 11.6 Å². The molecule has 0 radical (unpaired) electrons. The first-order valence-corrected chi connectivity index (χ1v) is 10.6. The number of nitrogens with one attached hydrogen (secondary N) is 1. The fourth-order valence-electron chi connectivity index (χ4n) is 2.38. The second kappa shape index (κ2) is 7.65. The van der Waals surface area contributed by atoms with Gasteiger partial charge in [0.15, 0.2) is 0 Å². The summed E-state index contributed by atoms with van der Waals surface area (Å²) in [7, 11) is -3.85. The van der Waals surface area contributed by atoms with Gasteiger partial charge in [0.05, 0.1) is 17.3 Å². The first-order chi connectivity index (χ1) is 12.4. The van der Waals surface area contributed by atoms with Gasteiger partial charge in [-0.2, -0.15) is 0 Å². The highest BCUT2D eigenvalue weighted by Gasteiger charge is 2.21. The van der Waals surface area contributed by atoms with Crippen molar-refractivity contribution in [1.29, 1.82) is 0 Å². The zero-order valence-electron chi connectivity index (χ0n) is 14.2. The normalized spacial score (nSPS) is 11.3. The van der Waals surface area contributed by atoms with Crippen LogP contribution in [0.5, 0.6) is 5.75 Å². The Balaban J connectivity index is 2.03. The van der Waals surface area contributed by atoms with Crippen molar-refractivity contribution in [3.05, 3.63) is 57.9 Å². The molecule has 0 fully saturated rings. The Morgan fingerprint density at radius 1 is 1.19 bits per heavy atom. The first-order valence-electron chi connectivity index (χ1n) is 7.87. The molecule has 8 heteroatoms. The Morgan fingerprint density at radius 3 is 2.54 bits per heavy atom. The molecule has 0 aliphatic carbocycles. The Bertz CT molecular complexity index is 1020. The van der Waals surface area contributed by atoms with Gasteiger partial charge in [-0.25, -0.2) is 13.4 Å². The molecule has 0 bridgehead atoms. The number of nitrogens with zero attached hydrogens (tertiary/aromatic N) is 1. The number of benzene rings is 2. The number of aryl methyl sites for hydroxylation is 1. The van der Waals surface area contributed by atoms with Crippen LogP contribution in [0.3, 0.4) is 0 Å². The minimum Gasteiger partial charge on any atom is -0.492 e. The SMILES string of the molecule is CCOc1ccc(-c2csc(C)n2)cc1S(=O)(=O)Nc1ccc(Cl)cc1. The van der Waals surface area contributed by atoms with E-state index in [1.54, 1.807) is 49.4 Å². The number of anilines is 1. The number of halogens is 1. The van der Waals surface area contributed by atoms with Crippen molar-refractivity contribution in [3.8, 4) is 17.0 Å². The van der Waals surface area contributed by atoms with Gasteiger partial charge >= 0.3 is 0 Å². The zero-order chi connectivity index (χ0) is 18.7. The summed E-state index contributed by atoms with van der Waals surface area (Å²) in [4.78, 5) is 4.49. The number of aromatic nitrogens is 1. The van der Waals surface area contributed by atoms with E-state index in [0.717, 1.165) is 10.7 Å². The van der Waals surface area contributed by atoms with Gasteiger partial charge in [-0.3, -0.25) is 4.72 Å². The fraction of sp³-hybridized carbons (Fsp3) is 0.167. The highest BCUT2D eigenvalue weighted by molar-refractivity contribution is 7.92. The largest absolute Gasteiger partial charge is 0.492 e. The van der Waals surface area contributed by atoms with Crippen LogP contribution in [0.2, 0.25) is 5.02 Å². The highest BCUT2D eigenvalue weighted by atomic mass is 35.5. The zero-order valence-corrected chi connectivity index (χ0v) is 16.6. The van der Waals surface area contributed by atoms with E-state index in [2.05, 4.69) is 9.71 Å². The van der Waals surface area contributed by atoms with Gasteiger partial charge < -0.3 is 4.74 Å². The lowest BCUT2D eigenvalue weighted by Crippen LogP contribution is -2.14. The predicted octanol–water partition coefficient (Wildman–Crippen LogP) is 4.97. The summed E-state index contributed by atoms with van der Waals surface area (Å²) in [6.07, 6.45) is 0. The van der Waals surface area contributed by atoms with E-state index < -0.39 is 10.0 Å². The topological polar surface area (TPSA) is 68.3 Å². The van der Waals surface area contributed by atoms with Crippen LogP contribution in [0.4, 0.5) is 5.69 Å². The lowest BCUT2D eigenvalue weighted by Gasteiger charge is -2.14. The van der Waals surface area contributed by atoms with E-state index in [1.165, 1.54) is 11.3 Å². The minimum atomic E-state index is -3.85. The number of hydrogen-bond donors (Lipinski definition) is 1. The Hall–Kier alpha value is -2.09. The van der Waals surface area contributed by atoms with Crippen molar-refractivity contribution in [2.45, 2.75) is 18.7 Å². The predicted molar refractivity (Wildman–Crippen MR) is 106 cm³/mol. The maximum absolute atomic E-state index is 12.9. The van der Waals surface area contributed by atoms with Gasteiger partial charge in [0.1, 0.15) is 10.6 Å². The molecule has 0 saturated carbocycles. The summed E-state index contributed by atoms with van der Waals surface area (Å²) in [5.74, 6) is 0.296. The first kappa shape index (κ1) is 18.7. The lowest BCUT2D eigenvalue weighted by atomic mass is 10.2. The van der Waals surface area contributed by atoms with Crippen LogP contribution in [-0.4, -0.2) is 20.0 Å².